The van der Waals surface area contributed by atoms with E-state index in [1.54, 1.807) is 23.1 Å². The predicted octanol–water partition coefficient (Wildman–Crippen LogP) is 4.65. The second kappa shape index (κ2) is 8.54. The molecule has 6 heteroatoms. The maximum absolute atomic E-state index is 13.8. The maximum Gasteiger partial charge on any atom is 0.258 e. The highest BCUT2D eigenvalue weighted by atomic mass is 16.5. The molecule has 0 radical (unpaired) electrons. The van der Waals surface area contributed by atoms with Crippen LogP contribution in [0.5, 0.6) is 5.75 Å². The molecular weight excluding hydrogens is 414 g/mol. The number of nitrogens with one attached hydrogen (secondary N) is 1. The molecule has 166 valence electrons. The molecule has 5 rings (SSSR count). The van der Waals surface area contributed by atoms with Gasteiger partial charge in [0.15, 0.2) is 0 Å². The number of fused-ring (bicyclic) bond motifs is 2. The fourth-order valence-corrected chi connectivity index (χ4v) is 4.32. The van der Waals surface area contributed by atoms with Crippen LogP contribution in [0, 0.1) is 0 Å². The Morgan fingerprint density at radius 3 is 2.55 bits per heavy atom. The lowest BCUT2D eigenvalue weighted by Gasteiger charge is -2.23. The van der Waals surface area contributed by atoms with E-state index in [-0.39, 0.29) is 30.0 Å². The van der Waals surface area contributed by atoms with Crippen LogP contribution in [0.3, 0.4) is 0 Å². The van der Waals surface area contributed by atoms with E-state index in [4.69, 9.17) is 4.74 Å². The summed E-state index contributed by atoms with van der Waals surface area (Å²) >= 11 is 0. The first kappa shape index (κ1) is 20.9. The van der Waals surface area contributed by atoms with Gasteiger partial charge in [0.25, 0.3) is 11.5 Å². The van der Waals surface area contributed by atoms with E-state index < -0.39 is 0 Å². The zero-order chi connectivity index (χ0) is 22.9. The zero-order valence-corrected chi connectivity index (χ0v) is 18.6. The van der Waals surface area contributed by atoms with Crippen LogP contribution in [-0.4, -0.2) is 26.9 Å². The lowest BCUT2D eigenvalue weighted by molar-refractivity contribution is 0.0720. The van der Waals surface area contributed by atoms with Crippen LogP contribution >= 0.6 is 0 Å². The van der Waals surface area contributed by atoms with Crippen molar-refractivity contribution in [2.24, 2.45) is 0 Å². The maximum atomic E-state index is 13.8. The third-order valence-electron chi connectivity index (χ3n) is 6.28. The quantitative estimate of drug-likeness (QED) is 0.491. The number of hydrogen-bond acceptors (Lipinski definition) is 4. The van der Waals surface area contributed by atoms with Gasteiger partial charge in [-0.2, -0.15) is 0 Å². The first-order chi connectivity index (χ1) is 16.0. The van der Waals surface area contributed by atoms with Crippen LogP contribution in [0.25, 0.3) is 10.9 Å². The minimum atomic E-state index is -0.214. The molecule has 2 atom stereocenters. The highest BCUT2D eigenvalue weighted by Gasteiger charge is 2.32. The Hall–Kier alpha value is -3.93. The van der Waals surface area contributed by atoms with Crippen LogP contribution in [0.4, 0.5) is 0 Å². The Morgan fingerprint density at radius 1 is 0.970 bits per heavy atom. The van der Waals surface area contributed by atoms with Gasteiger partial charge in [-0.3, -0.25) is 9.59 Å². The minimum Gasteiger partial charge on any atom is -0.489 e. The normalized spacial score (nSPS) is 16.9. The smallest absolute Gasteiger partial charge is 0.258 e. The van der Waals surface area contributed by atoms with Crippen molar-refractivity contribution in [2.75, 3.05) is 0 Å². The Bertz CT molecular complexity index is 1380. The molecule has 0 fully saturated rings. The summed E-state index contributed by atoms with van der Waals surface area (Å²) in [5.41, 5.74) is 2.96. The van der Waals surface area contributed by atoms with Crippen molar-refractivity contribution in [1.29, 1.82) is 0 Å². The Balaban J connectivity index is 1.54. The molecule has 0 bridgehead atoms. The van der Waals surface area contributed by atoms with E-state index in [0.717, 1.165) is 11.1 Å². The van der Waals surface area contributed by atoms with Crippen LogP contribution in [0.2, 0.25) is 0 Å². The van der Waals surface area contributed by atoms with E-state index in [1.165, 1.54) is 0 Å². The molecular formula is C27H25N3O3. The molecule has 3 aromatic carbocycles. The molecule has 1 amide bonds. The van der Waals surface area contributed by atoms with E-state index in [1.807, 2.05) is 61.5 Å². The highest BCUT2D eigenvalue weighted by molar-refractivity contribution is 5.97. The Kier molecular flexibility index (Phi) is 5.42. The van der Waals surface area contributed by atoms with Gasteiger partial charge in [-0.25, -0.2) is 4.98 Å². The molecule has 6 nitrogen and oxygen atoms in total. The number of benzene rings is 3. The van der Waals surface area contributed by atoms with E-state index in [2.05, 4.69) is 16.9 Å². The van der Waals surface area contributed by atoms with E-state index >= 15 is 0 Å². The summed E-state index contributed by atoms with van der Waals surface area (Å²) in [7, 11) is 0. The summed E-state index contributed by atoms with van der Waals surface area (Å²) in [5, 5.41) is 0.527. The molecule has 0 aliphatic carbocycles. The SMILES string of the molecule is C[C@H]1Oc2c(C(=O)N(Cc3ccccc3)Cc3nc4ccccc4c(=O)[nH]3)cccc2[C@@H]1C. The van der Waals surface area contributed by atoms with Gasteiger partial charge in [0.2, 0.25) is 0 Å². The van der Waals surface area contributed by atoms with Crippen LogP contribution in [0.1, 0.15) is 47.1 Å². The number of ether oxygens (including phenoxy) is 1. The molecule has 1 aromatic heterocycles. The van der Waals surface area contributed by atoms with Crippen molar-refractivity contribution < 1.29 is 9.53 Å². The van der Waals surface area contributed by atoms with Crippen molar-refractivity contribution in [3.8, 4) is 5.75 Å². The fraction of sp³-hybridized carbons (Fsp3) is 0.222. The fourth-order valence-electron chi connectivity index (χ4n) is 4.32. The number of amides is 1. The summed E-state index contributed by atoms with van der Waals surface area (Å²) in [4.78, 5) is 35.5. The number of para-hydroxylation sites is 2. The lowest BCUT2D eigenvalue weighted by Crippen LogP contribution is -2.32. The first-order valence-electron chi connectivity index (χ1n) is 11.1. The number of rotatable bonds is 5. The van der Waals surface area contributed by atoms with Crippen molar-refractivity contribution in [1.82, 2.24) is 14.9 Å². The van der Waals surface area contributed by atoms with Crippen molar-refractivity contribution in [3.05, 3.63) is 106 Å². The third kappa shape index (κ3) is 4.00. The highest BCUT2D eigenvalue weighted by Crippen LogP contribution is 2.40. The number of aromatic amines is 1. The van der Waals surface area contributed by atoms with Gasteiger partial charge in [-0.1, -0.05) is 61.5 Å². The Morgan fingerprint density at radius 2 is 1.73 bits per heavy atom. The van der Waals surface area contributed by atoms with Gasteiger partial charge in [0, 0.05) is 18.0 Å². The van der Waals surface area contributed by atoms with Gasteiger partial charge in [-0.15, -0.1) is 0 Å². The first-order valence-corrected chi connectivity index (χ1v) is 11.1. The summed E-state index contributed by atoms with van der Waals surface area (Å²) in [5.74, 6) is 1.15. The van der Waals surface area contributed by atoms with Gasteiger partial charge in [-0.05, 0) is 30.7 Å². The molecule has 1 N–H and O–H groups in total. The molecule has 2 heterocycles. The second-order valence-electron chi connectivity index (χ2n) is 8.51. The largest absolute Gasteiger partial charge is 0.489 e. The summed E-state index contributed by atoms with van der Waals surface area (Å²) < 4.78 is 6.08. The number of nitrogens with zero attached hydrogens (tertiary/aromatic N) is 2. The molecule has 0 saturated carbocycles. The average Bonchev–Trinajstić information content (AvgIpc) is 3.12. The topological polar surface area (TPSA) is 75.3 Å². The number of H-pyrrole nitrogens is 1. The van der Waals surface area contributed by atoms with Gasteiger partial charge in [0.05, 0.1) is 23.0 Å². The standard InChI is InChI=1S/C27H25N3O3/c1-17-18(2)33-25-20(17)12-8-13-22(25)27(32)30(15-19-9-4-3-5-10-19)16-24-28-23-14-7-6-11-21(23)26(31)29-24/h3-14,17-18H,15-16H2,1-2H3,(H,28,29,31)/t17-,18-/m1/s1. The zero-order valence-electron chi connectivity index (χ0n) is 18.6. The third-order valence-corrected chi connectivity index (χ3v) is 6.28. The Labute approximate surface area is 191 Å². The lowest BCUT2D eigenvalue weighted by atomic mass is 9.96. The van der Waals surface area contributed by atoms with Crippen molar-refractivity contribution >= 4 is 16.8 Å². The predicted molar refractivity (Wildman–Crippen MR) is 127 cm³/mol. The van der Waals surface area contributed by atoms with Crippen molar-refractivity contribution in [3.63, 3.8) is 0 Å². The summed E-state index contributed by atoms with van der Waals surface area (Å²) in [6.45, 7) is 4.67. The monoisotopic (exact) mass is 439 g/mol. The number of carbonyl (C=O) groups excluding carboxylic acids is 1. The average molecular weight is 440 g/mol. The van der Waals surface area contributed by atoms with Crippen molar-refractivity contribution in [2.45, 2.75) is 39.0 Å². The molecule has 0 unspecified atom stereocenters. The minimum absolute atomic E-state index is 0.00929. The summed E-state index contributed by atoms with van der Waals surface area (Å²) in [6.07, 6.45) is 0.00929. The summed E-state index contributed by atoms with van der Waals surface area (Å²) in [6, 6.07) is 22.7. The van der Waals surface area contributed by atoms with E-state index in [9.17, 15) is 9.59 Å². The number of hydrogen-bond donors (Lipinski definition) is 1. The molecule has 0 spiro atoms. The van der Waals surface area contributed by atoms with Gasteiger partial charge in [0.1, 0.15) is 17.7 Å². The van der Waals surface area contributed by atoms with E-state index in [0.29, 0.717) is 34.6 Å². The van der Waals surface area contributed by atoms with Crippen LogP contribution < -0.4 is 10.3 Å². The van der Waals surface area contributed by atoms with Crippen LogP contribution in [0.15, 0.2) is 77.6 Å². The van der Waals surface area contributed by atoms with Crippen LogP contribution in [-0.2, 0) is 13.1 Å². The van der Waals surface area contributed by atoms with Gasteiger partial charge < -0.3 is 14.6 Å². The molecule has 4 aromatic rings. The number of carbonyl (C=O) groups is 1. The molecule has 1 aliphatic rings. The van der Waals surface area contributed by atoms with Gasteiger partial charge >= 0.3 is 0 Å². The molecule has 33 heavy (non-hydrogen) atoms. The molecule has 0 saturated heterocycles. The second-order valence-corrected chi connectivity index (χ2v) is 8.51. The number of aromatic nitrogens is 2. The molecule has 1 aliphatic heterocycles.